The number of aryl methyl sites for hydroxylation is 2. The Kier molecular flexibility index (Phi) is 4.20. The van der Waals surface area contributed by atoms with E-state index in [9.17, 15) is 4.79 Å². The van der Waals surface area contributed by atoms with Crippen molar-refractivity contribution in [3.05, 3.63) is 29.3 Å². The number of rotatable bonds is 5. The van der Waals surface area contributed by atoms with Gasteiger partial charge in [0, 0.05) is 0 Å². The van der Waals surface area contributed by atoms with Gasteiger partial charge in [0.15, 0.2) is 0 Å². The fourth-order valence-corrected chi connectivity index (χ4v) is 2.14. The van der Waals surface area contributed by atoms with Gasteiger partial charge in [-0.15, -0.1) is 0 Å². The molecule has 1 aliphatic carbocycles. The minimum absolute atomic E-state index is 0.150. The zero-order chi connectivity index (χ0) is 13.0. The van der Waals surface area contributed by atoms with Crippen LogP contribution >= 0.6 is 0 Å². The van der Waals surface area contributed by atoms with Crippen LogP contribution in [-0.2, 0) is 22.4 Å². The van der Waals surface area contributed by atoms with E-state index < -0.39 is 12.0 Å². The van der Waals surface area contributed by atoms with Crippen LogP contribution in [0.5, 0.6) is 5.75 Å². The van der Waals surface area contributed by atoms with E-state index in [0.29, 0.717) is 6.61 Å². The Bertz CT molecular complexity index is 431. The van der Waals surface area contributed by atoms with Crippen LogP contribution in [0, 0.1) is 0 Å². The number of nitrogens with two attached hydrogens (primary N) is 1. The molecular formula is C14H19NO3. The van der Waals surface area contributed by atoms with Gasteiger partial charge < -0.3 is 15.2 Å². The molecule has 0 heterocycles. The van der Waals surface area contributed by atoms with Gasteiger partial charge in [0.05, 0.1) is 6.61 Å². The summed E-state index contributed by atoms with van der Waals surface area (Å²) in [6.07, 6.45) is 3.47. The monoisotopic (exact) mass is 249 g/mol. The third-order valence-corrected chi connectivity index (χ3v) is 3.09. The van der Waals surface area contributed by atoms with Gasteiger partial charge in [-0.2, -0.15) is 0 Å². The number of carbonyl (C=O) groups is 1. The van der Waals surface area contributed by atoms with Crippen LogP contribution in [0.1, 0.15) is 24.5 Å². The number of ether oxygens (including phenoxy) is 2. The van der Waals surface area contributed by atoms with Crippen molar-refractivity contribution in [2.24, 2.45) is 5.73 Å². The van der Waals surface area contributed by atoms with Gasteiger partial charge in [-0.05, 0) is 49.4 Å². The summed E-state index contributed by atoms with van der Waals surface area (Å²) >= 11 is 0. The van der Waals surface area contributed by atoms with E-state index >= 15 is 0 Å². The molecule has 98 valence electrons. The number of hydrogen-bond acceptors (Lipinski definition) is 4. The van der Waals surface area contributed by atoms with Crippen molar-refractivity contribution in [3.63, 3.8) is 0 Å². The van der Waals surface area contributed by atoms with E-state index in [1.807, 2.05) is 12.1 Å². The van der Waals surface area contributed by atoms with Crippen molar-refractivity contribution in [3.8, 4) is 5.75 Å². The first-order valence-corrected chi connectivity index (χ1v) is 6.37. The molecule has 18 heavy (non-hydrogen) atoms. The minimum Gasteiger partial charge on any atom is -0.491 e. The van der Waals surface area contributed by atoms with Gasteiger partial charge in [-0.25, -0.2) is 0 Å². The maximum absolute atomic E-state index is 11.3. The summed E-state index contributed by atoms with van der Waals surface area (Å²) in [5.41, 5.74) is 8.41. The van der Waals surface area contributed by atoms with Gasteiger partial charge >= 0.3 is 5.97 Å². The molecule has 1 atom stereocenters. The van der Waals surface area contributed by atoms with Crippen LogP contribution in [0.25, 0.3) is 0 Å². The van der Waals surface area contributed by atoms with Crippen LogP contribution < -0.4 is 10.5 Å². The van der Waals surface area contributed by atoms with E-state index in [1.165, 1.54) is 17.5 Å². The Morgan fingerprint density at radius 2 is 2.17 bits per heavy atom. The predicted octanol–water partition coefficient (Wildman–Crippen LogP) is 1.44. The smallest absolute Gasteiger partial charge is 0.326 e. The van der Waals surface area contributed by atoms with Crippen molar-refractivity contribution >= 4 is 5.97 Å². The average molecular weight is 249 g/mol. The van der Waals surface area contributed by atoms with E-state index in [4.69, 9.17) is 15.2 Å². The van der Waals surface area contributed by atoms with Crippen LogP contribution in [0.2, 0.25) is 0 Å². The number of fused-ring (bicyclic) bond motifs is 1. The normalized spacial score (nSPS) is 15.0. The van der Waals surface area contributed by atoms with Crippen LogP contribution in [0.3, 0.4) is 0 Å². The van der Waals surface area contributed by atoms with Gasteiger partial charge in [-0.3, -0.25) is 4.79 Å². The maximum Gasteiger partial charge on any atom is 0.326 e. The molecule has 0 amide bonds. The number of benzene rings is 1. The van der Waals surface area contributed by atoms with Gasteiger partial charge in [0.1, 0.15) is 18.4 Å². The van der Waals surface area contributed by atoms with Crippen LogP contribution in [0.4, 0.5) is 0 Å². The van der Waals surface area contributed by atoms with Gasteiger partial charge in [-0.1, -0.05) is 6.07 Å². The Morgan fingerprint density at radius 1 is 1.39 bits per heavy atom. The van der Waals surface area contributed by atoms with Crippen molar-refractivity contribution < 1.29 is 14.3 Å². The molecule has 1 aromatic rings. The van der Waals surface area contributed by atoms with E-state index in [0.717, 1.165) is 18.6 Å². The summed E-state index contributed by atoms with van der Waals surface area (Å²) in [7, 11) is 0. The lowest BCUT2D eigenvalue weighted by Gasteiger charge is -2.12. The second kappa shape index (κ2) is 5.87. The first-order chi connectivity index (χ1) is 8.70. The molecule has 0 aromatic heterocycles. The minimum atomic E-state index is -0.724. The molecular weight excluding hydrogens is 230 g/mol. The Labute approximate surface area is 107 Å². The van der Waals surface area contributed by atoms with E-state index in [2.05, 4.69) is 6.07 Å². The molecule has 0 spiro atoms. The van der Waals surface area contributed by atoms with E-state index in [1.54, 1.807) is 6.92 Å². The highest BCUT2D eigenvalue weighted by atomic mass is 16.5. The highest BCUT2D eigenvalue weighted by molar-refractivity contribution is 5.75. The second-order valence-electron chi connectivity index (χ2n) is 4.45. The summed E-state index contributed by atoms with van der Waals surface area (Å²) in [5, 5.41) is 0. The van der Waals surface area contributed by atoms with Crippen molar-refractivity contribution in [2.75, 3.05) is 13.2 Å². The summed E-state index contributed by atoms with van der Waals surface area (Å²) in [5.74, 6) is 0.356. The van der Waals surface area contributed by atoms with Gasteiger partial charge in [0.2, 0.25) is 0 Å². The lowest BCUT2D eigenvalue weighted by molar-refractivity contribution is -0.145. The van der Waals surface area contributed by atoms with Crippen LogP contribution in [-0.4, -0.2) is 25.2 Å². The molecule has 4 heteroatoms. The average Bonchev–Trinajstić information content (AvgIpc) is 2.83. The number of esters is 1. The molecule has 0 saturated carbocycles. The Hall–Kier alpha value is -1.55. The molecule has 1 aliphatic rings. The summed E-state index contributed by atoms with van der Waals surface area (Å²) in [6, 6.07) is 5.34. The molecule has 0 fully saturated rings. The third kappa shape index (κ3) is 3.01. The highest BCUT2D eigenvalue weighted by Crippen LogP contribution is 2.25. The topological polar surface area (TPSA) is 61.5 Å². The summed E-state index contributed by atoms with van der Waals surface area (Å²) in [6.45, 7) is 2.25. The molecule has 2 rings (SSSR count). The predicted molar refractivity (Wildman–Crippen MR) is 68.6 cm³/mol. The van der Waals surface area contributed by atoms with Crippen molar-refractivity contribution in [2.45, 2.75) is 32.2 Å². The molecule has 0 radical (unpaired) electrons. The molecule has 0 aliphatic heterocycles. The number of carbonyl (C=O) groups excluding carboxylic acids is 1. The SMILES string of the molecule is CCOC(=O)C(N)COc1ccc2c(c1)CCC2. The highest BCUT2D eigenvalue weighted by Gasteiger charge is 2.16. The molecule has 2 N–H and O–H groups in total. The third-order valence-electron chi connectivity index (χ3n) is 3.09. The zero-order valence-corrected chi connectivity index (χ0v) is 10.6. The van der Waals surface area contributed by atoms with Crippen LogP contribution in [0.15, 0.2) is 18.2 Å². The summed E-state index contributed by atoms with van der Waals surface area (Å²) < 4.78 is 10.4. The molecule has 4 nitrogen and oxygen atoms in total. The Balaban J connectivity index is 1.88. The fraction of sp³-hybridized carbons (Fsp3) is 0.500. The van der Waals surface area contributed by atoms with E-state index in [-0.39, 0.29) is 6.61 Å². The lowest BCUT2D eigenvalue weighted by Crippen LogP contribution is -2.37. The molecule has 0 bridgehead atoms. The molecule has 1 aromatic carbocycles. The quantitative estimate of drug-likeness (QED) is 0.802. The zero-order valence-electron chi connectivity index (χ0n) is 10.6. The number of hydrogen-bond donors (Lipinski definition) is 1. The maximum atomic E-state index is 11.3. The second-order valence-corrected chi connectivity index (χ2v) is 4.45. The van der Waals surface area contributed by atoms with Gasteiger partial charge in [0.25, 0.3) is 0 Å². The van der Waals surface area contributed by atoms with Crippen molar-refractivity contribution in [1.29, 1.82) is 0 Å². The fourth-order valence-electron chi connectivity index (χ4n) is 2.14. The Morgan fingerprint density at radius 3 is 2.94 bits per heavy atom. The first-order valence-electron chi connectivity index (χ1n) is 6.37. The largest absolute Gasteiger partial charge is 0.491 e. The standard InChI is InChI=1S/C14H19NO3/c1-2-17-14(16)13(15)9-18-12-7-6-10-4-3-5-11(10)8-12/h6-8,13H,2-5,9,15H2,1H3. The van der Waals surface area contributed by atoms with Crippen molar-refractivity contribution in [1.82, 2.24) is 0 Å². The lowest BCUT2D eigenvalue weighted by atomic mass is 10.1. The molecule has 0 saturated heterocycles. The summed E-state index contributed by atoms with van der Waals surface area (Å²) in [4.78, 5) is 11.3. The first kappa shape index (κ1) is 12.9. The molecule has 1 unspecified atom stereocenters.